The minimum atomic E-state index is -0.296. The largest absolute Gasteiger partial charge is 0.367 e. The van der Waals surface area contributed by atoms with E-state index >= 15 is 0 Å². The van der Waals surface area contributed by atoms with Gasteiger partial charge in [-0.2, -0.15) is 0 Å². The molecule has 1 aromatic heterocycles. The number of anilines is 1. The first-order chi connectivity index (χ1) is 6.26. The van der Waals surface area contributed by atoms with Crippen LogP contribution < -0.4 is 5.32 Å². The Bertz CT molecular complexity index is 242. The van der Waals surface area contributed by atoms with Crippen LogP contribution in [0.5, 0.6) is 0 Å². The number of nitrogens with zero attached hydrogens (tertiary/aromatic N) is 1. The summed E-state index contributed by atoms with van der Waals surface area (Å²) in [6.07, 6.45) is 3.33. The molecule has 2 nitrogen and oxygen atoms in total. The SMILES string of the molecule is CCC(CC)Nc1ccc(F)cn1. The van der Waals surface area contributed by atoms with Gasteiger partial charge < -0.3 is 5.32 Å². The normalized spacial score (nSPS) is 10.5. The van der Waals surface area contributed by atoms with E-state index in [9.17, 15) is 4.39 Å². The van der Waals surface area contributed by atoms with Crippen molar-refractivity contribution in [3.8, 4) is 0 Å². The van der Waals surface area contributed by atoms with Crippen LogP contribution in [0.1, 0.15) is 26.7 Å². The predicted molar refractivity (Wildman–Crippen MR) is 52.2 cm³/mol. The van der Waals surface area contributed by atoms with Crippen LogP contribution in [0, 0.1) is 5.82 Å². The Morgan fingerprint density at radius 3 is 2.54 bits per heavy atom. The Balaban J connectivity index is 2.58. The van der Waals surface area contributed by atoms with Crippen LogP contribution in [0.25, 0.3) is 0 Å². The van der Waals surface area contributed by atoms with Gasteiger partial charge in [-0.1, -0.05) is 13.8 Å². The van der Waals surface area contributed by atoms with Gasteiger partial charge in [-0.05, 0) is 25.0 Å². The van der Waals surface area contributed by atoms with E-state index in [0.29, 0.717) is 6.04 Å². The van der Waals surface area contributed by atoms with Gasteiger partial charge in [0.05, 0.1) is 6.20 Å². The molecule has 0 fully saturated rings. The third kappa shape index (κ3) is 3.01. The van der Waals surface area contributed by atoms with Crippen molar-refractivity contribution < 1.29 is 4.39 Å². The van der Waals surface area contributed by atoms with Gasteiger partial charge in [0.15, 0.2) is 0 Å². The topological polar surface area (TPSA) is 24.9 Å². The maximum atomic E-state index is 12.5. The number of hydrogen-bond donors (Lipinski definition) is 1. The zero-order valence-electron chi connectivity index (χ0n) is 8.05. The predicted octanol–water partition coefficient (Wildman–Crippen LogP) is 2.82. The molecule has 0 amide bonds. The summed E-state index contributed by atoms with van der Waals surface area (Å²) in [5.41, 5.74) is 0. The Hall–Kier alpha value is -1.12. The molecule has 1 heterocycles. The zero-order valence-corrected chi connectivity index (χ0v) is 8.05. The van der Waals surface area contributed by atoms with E-state index in [0.717, 1.165) is 18.7 Å². The van der Waals surface area contributed by atoms with Crippen molar-refractivity contribution in [3.05, 3.63) is 24.1 Å². The van der Waals surface area contributed by atoms with Crippen molar-refractivity contribution >= 4 is 5.82 Å². The smallest absolute Gasteiger partial charge is 0.141 e. The van der Waals surface area contributed by atoms with E-state index in [1.807, 2.05) is 0 Å². The molecule has 0 aliphatic rings. The van der Waals surface area contributed by atoms with Crippen molar-refractivity contribution in [1.29, 1.82) is 0 Å². The first-order valence-corrected chi connectivity index (χ1v) is 4.64. The Kier molecular flexibility index (Phi) is 3.68. The number of halogens is 1. The molecule has 3 heteroatoms. The summed E-state index contributed by atoms with van der Waals surface area (Å²) in [5, 5.41) is 3.23. The summed E-state index contributed by atoms with van der Waals surface area (Å²) in [6, 6.07) is 3.50. The van der Waals surface area contributed by atoms with Crippen LogP contribution in [-0.2, 0) is 0 Å². The second-order valence-corrected chi connectivity index (χ2v) is 3.02. The lowest BCUT2D eigenvalue weighted by Crippen LogP contribution is -2.17. The fourth-order valence-electron chi connectivity index (χ4n) is 1.16. The third-order valence-corrected chi connectivity index (χ3v) is 2.06. The van der Waals surface area contributed by atoms with E-state index in [1.54, 1.807) is 6.07 Å². The van der Waals surface area contributed by atoms with Gasteiger partial charge in [0.1, 0.15) is 11.6 Å². The number of nitrogens with one attached hydrogen (secondary N) is 1. The van der Waals surface area contributed by atoms with Gasteiger partial charge in [0, 0.05) is 6.04 Å². The average Bonchev–Trinajstić information content (AvgIpc) is 2.17. The van der Waals surface area contributed by atoms with Crippen molar-refractivity contribution in [1.82, 2.24) is 4.98 Å². The van der Waals surface area contributed by atoms with Gasteiger partial charge >= 0.3 is 0 Å². The van der Waals surface area contributed by atoms with E-state index in [1.165, 1.54) is 12.3 Å². The lowest BCUT2D eigenvalue weighted by atomic mass is 10.2. The van der Waals surface area contributed by atoms with Crippen LogP contribution in [0.4, 0.5) is 10.2 Å². The highest BCUT2D eigenvalue weighted by atomic mass is 19.1. The summed E-state index contributed by atoms with van der Waals surface area (Å²) >= 11 is 0. The zero-order chi connectivity index (χ0) is 9.68. The highest BCUT2D eigenvalue weighted by molar-refractivity contribution is 5.34. The van der Waals surface area contributed by atoms with Crippen LogP contribution in [0.2, 0.25) is 0 Å². The molecule has 0 radical (unpaired) electrons. The minimum absolute atomic E-state index is 0.296. The quantitative estimate of drug-likeness (QED) is 0.774. The molecule has 0 unspecified atom stereocenters. The molecule has 0 spiro atoms. The van der Waals surface area contributed by atoms with Gasteiger partial charge in [0.25, 0.3) is 0 Å². The molecule has 0 aromatic carbocycles. The molecule has 0 aliphatic heterocycles. The molecule has 1 rings (SSSR count). The molecule has 1 N–H and O–H groups in total. The van der Waals surface area contributed by atoms with Crippen molar-refractivity contribution in [2.75, 3.05) is 5.32 Å². The molecule has 72 valence electrons. The Morgan fingerprint density at radius 2 is 2.08 bits per heavy atom. The molecular weight excluding hydrogens is 167 g/mol. The van der Waals surface area contributed by atoms with Gasteiger partial charge in [0.2, 0.25) is 0 Å². The van der Waals surface area contributed by atoms with E-state index in [4.69, 9.17) is 0 Å². The molecule has 0 saturated carbocycles. The van der Waals surface area contributed by atoms with Gasteiger partial charge in [-0.25, -0.2) is 9.37 Å². The summed E-state index contributed by atoms with van der Waals surface area (Å²) in [6.45, 7) is 4.23. The highest BCUT2D eigenvalue weighted by Gasteiger charge is 2.02. The van der Waals surface area contributed by atoms with Gasteiger partial charge in [-0.15, -0.1) is 0 Å². The van der Waals surface area contributed by atoms with E-state index in [2.05, 4.69) is 24.1 Å². The number of pyridine rings is 1. The molecule has 1 aromatic rings. The maximum absolute atomic E-state index is 12.5. The molecule has 0 saturated heterocycles. The fraction of sp³-hybridized carbons (Fsp3) is 0.500. The second-order valence-electron chi connectivity index (χ2n) is 3.02. The van der Waals surface area contributed by atoms with Crippen LogP contribution >= 0.6 is 0 Å². The van der Waals surface area contributed by atoms with Crippen molar-refractivity contribution in [2.24, 2.45) is 0 Å². The summed E-state index contributed by atoms with van der Waals surface area (Å²) in [4.78, 5) is 3.93. The summed E-state index contributed by atoms with van der Waals surface area (Å²) in [7, 11) is 0. The van der Waals surface area contributed by atoms with Crippen LogP contribution in [0.15, 0.2) is 18.3 Å². The standard InChI is InChI=1S/C10H15FN2/c1-3-9(4-2)13-10-6-5-8(11)7-12-10/h5-7,9H,3-4H2,1-2H3,(H,12,13). The molecule has 0 bridgehead atoms. The average molecular weight is 182 g/mol. The first-order valence-electron chi connectivity index (χ1n) is 4.64. The van der Waals surface area contributed by atoms with E-state index < -0.39 is 0 Å². The minimum Gasteiger partial charge on any atom is -0.367 e. The third-order valence-electron chi connectivity index (χ3n) is 2.06. The molecule has 0 atom stereocenters. The summed E-state index contributed by atoms with van der Waals surface area (Å²) < 4.78 is 12.5. The molecular formula is C10H15FN2. The fourth-order valence-corrected chi connectivity index (χ4v) is 1.16. The Morgan fingerprint density at radius 1 is 1.38 bits per heavy atom. The summed E-state index contributed by atoms with van der Waals surface area (Å²) in [5.74, 6) is 0.449. The highest BCUT2D eigenvalue weighted by Crippen LogP contribution is 2.08. The number of aromatic nitrogens is 1. The molecule has 13 heavy (non-hydrogen) atoms. The Labute approximate surface area is 78.2 Å². The lowest BCUT2D eigenvalue weighted by Gasteiger charge is -2.14. The maximum Gasteiger partial charge on any atom is 0.141 e. The van der Waals surface area contributed by atoms with Crippen molar-refractivity contribution in [3.63, 3.8) is 0 Å². The number of rotatable bonds is 4. The number of hydrogen-bond acceptors (Lipinski definition) is 2. The van der Waals surface area contributed by atoms with Crippen molar-refractivity contribution in [2.45, 2.75) is 32.7 Å². The van der Waals surface area contributed by atoms with Crippen LogP contribution in [0.3, 0.4) is 0 Å². The van der Waals surface area contributed by atoms with Gasteiger partial charge in [-0.3, -0.25) is 0 Å². The van der Waals surface area contributed by atoms with E-state index in [-0.39, 0.29) is 5.82 Å². The second kappa shape index (κ2) is 4.80. The lowest BCUT2D eigenvalue weighted by molar-refractivity contribution is 0.619. The molecule has 0 aliphatic carbocycles. The first kappa shape index (κ1) is 9.96. The van der Waals surface area contributed by atoms with Crippen LogP contribution in [-0.4, -0.2) is 11.0 Å². The monoisotopic (exact) mass is 182 g/mol.